The summed E-state index contributed by atoms with van der Waals surface area (Å²) >= 11 is -0.226. The first-order chi connectivity index (χ1) is 9.45. The number of amides is 2. The summed E-state index contributed by atoms with van der Waals surface area (Å²) in [4.78, 5) is 45.2. The predicted molar refractivity (Wildman–Crippen MR) is 72.1 cm³/mol. The number of hydrogen-bond acceptors (Lipinski definition) is 4. The van der Waals surface area contributed by atoms with Gasteiger partial charge in [0.15, 0.2) is 0 Å². The summed E-state index contributed by atoms with van der Waals surface area (Å²) in [5.74, 6) is -1.91. The van der Waals surface area contributed by atoms with Crippen molar-refractivity contribution in [2.75, 3.05) is 6.54 Å². The number of benzene rings is 1. The Morgan fingerprint density at radius 2 is 1.95 bits per heavy atom. The number of carboxylic acids is 1. The molecule has 7 heteroatoms. The first kappa shape index (κ1) is 16.1. The molecule has 0 saturated heterocycles. The second kappa shape index (κ2) is 7.57. The van der Waals surface area contributed by atoms with E-state index in [1.165, 1.54) is 13.0 Å². The topological polar surface area (TPSA) is 91.8 Å². The van der Waals surface area contributed by atoms with Crippen molar-refractivity contribution in [1.82, 2.24) is 4.90 Å². The average Bonchev–Trinajstić information content (AvgIpc) is 2.41. The molecule has 0 radical (unpaired) electrons. The minimum absolute atomic E-state index is 0.0185. The summed E-state index contributed by atoms with van der Waals surface area (Å²) in [6, 6.07) is 6.60. The number of nitrogens with zero attached hydrogens (tertiary/aromatic N) is 1. The Labute approximate surface area is 121 Å². The van der Waals surface area contributed by atoms with Gasteiger partial charge < -0.3 is 0 Å². The van der Waals surface area contributed by atoms with Crippen molar-refractivity contribution in [3.05, 3.63) is 29.8 Å². The normalized spacial score (nSPS) is 9.85. The number of hydrogen-bond donors (Lipinski definition) is 1. The third kappa shape index (κ3) is 4.60. The summed E-state index contributed by atoms with van der Waals surface area (Å²) in [5.41, 5.74) is 0.266. The van der Waals surface area contributed by atoms with Crippen LogP contribution in [0.4, 0.5) is 0 Å². The molecule has 106 valence electrons. The zero-order valence-electron chi connectivity index (χ0n) is 10.7. The van der Waals surface area contributed by atoms with Crippen molar-refractivity contribution < 1.29 is 24.3 Å². The third-order valence-corrected chi connectivity index (χ3v) is 4.80. The van der Waals surface area contributed by atoms with Crippen LogP contribution in [0.25, 0.3) is 0 Å². The first-order valence-electron chi connectivity index (χ1n) is 5.65. The van der Waals surface area contributed by atoms with Gasteiger partial charge in [0.2, 0.25) is 0 Å². The van der Waals surface area contributed by atoms with Gasteiger partial charge in [-0.1, -0.05) is 0 Å². The molecule has 0 aromatic heterocycles. The summed E-state index contributed by atoms with van der Waals surface area (Å²) < 4.78 is 0.678. The Hall–Kier alpha value is -1.98. The Bertz CT molecular complexity index is 543. The summed E-state index contributed by atoms with van der Waals surface area (Å²) in [5, 5.41) is 9.01. The first-order valence-corrected chi connectivity index (χ1v) is 7.71. The van der Waals surface area contributed by atoms with Gasteiger partial charge in [0.1, 0.15) is 0 Å². The van der Waals surface area contributed by atoms with E-state index < -0.39 is 18.4 Å². The molecule has 1 aromatic carbocycles. The zero-order chi connectivity index (χ0) is 15.1. The van der Waals surface area contributed by atoms with E-state index in [0.717, 1.165) is 0 Å². The molecule has 0 unspecified atom stereocenters. The van der Waals surface area contributed by atoms with Crippen LogP contribution < -0.4 is 4.46 Å². The molecule has 0 atom stereocenters. The van der Waals surface area contributed by atoms with Gasteiger partial charge in [-0.15, -0.1) is 0 Å². The van der Waals surface area contributed by atoms with Crippen molar-refractivity contribution in [1.29, 1.82) is 0 Å². The maximum absolute atomic E-state index is 12.1. The number of Topliss-reactive ketones (excluding diaryl/α,β-unsaturated/α-hetero) is 1. The fourth-order valence-corrected chi connectivity index (χ4v) is 3.18. The van der Waals surface area contributed by atoms with E-state index in [4.69, 9.17) is 5.11 Å². The van der Waals surface area contributed by atoms with Crippen LogP contribution in [0, 0.1) is 0 Å². The third-order valence-electron chi connectivity index (χ3n) is 2.24. The molecule has 1 aromatic rings. The van der Waals surface area contributed by atoms with Gasteiger partial charge >= 0.3 is 121 Å². The van der Waals surface area contributed by atoms with Crippen LogP contribution in [0.5, 0.6) is 0 Å². The molecule has 2 amide bonds. The molecule has 0 aliphatic heterocycles. The van der Waals surface area contributed by atoms with E-state index in [9.17, 15) is 19.2 Å². The molecular weight excluding hydrogens is 329 g/mol. The number of carboxylic acid groups (broad SMARTS) is 1. The van der Waals surface area contributed by atoms with E-state index in [0.29, 0.717) is 14.7 Å². The molecule has 0 bridgehead atoms. The zero-order valence-corrected chi connectivity index (χ0v) is 12.4. The average molecular weight is 342 g/mol. The van der Waals surface area contributed by atoms with Crippen LogP contribution in [0.15, 0.2) is 24.3 Å². The number of carbonyl (C=O) groups excluding carboxylic acids is 3. The van der Waals surface area contributed by atoms with Gasteiger partial charge in [0.25, 0.3) is 0 Å². The Morgan fingerprint density at radius 1 is 1.30 bits per heavy atom. The van der Waals surface area contributed by atoms with Gasteiger partial charge in [0.05, 0.1) is 0 Å². The van der Waals surface area contributed by atoms with Crippen LogP contribution in [-0.4, -0.2) is 55.6 Å². The molecule has 0 spiro atoms. The van der Waals surface area contributed by atoms with E-state index in [-0.39, 0.29) is 32.7 Å². The van der Waals surface area contributed by atoms with E-state index in [1.807, 2.05) is 0 Å². The molecule has 0 saturated carbocycles. The van der Waals surface area contributed by atoms with Crippen LogP contribution >= 0.6 is 0 Å². The van der Waals surface area contributed by atoms with Crippen LogP contribution in [0.2, 0.25) is 5.32 Å². The van der Waals surface area contributed by atoms with Crippen molar-refractivity contribution >= 4 is 43.5 Å². The Balaban J connectivity index is 2.99. The van der Waals surface area contributed by atoms with Crippen LogP contribution in [0.1, 0.15) is 17.3 Å². The van der Waals surface area contributed by atoms with Crippen LogP contribution in [-0.2, 0) is 14.4 Å². The quantitative estimate of drug-likeness (QED) is 0.543. The fourth-order valence-electron chi connectivity index (χ4n) is 1.41. The second-order valence-corrected chi connectivity index (χ2v) is 6.05. The molecule has 6 nitrogen and oxygen atoms in total. The standard InChI is InChI=1S/C13H13NO5Se/c1-9(16)7-20-11-5-3-2-4-10(11)13(19)14(8-15)6-12(17)18/h2-5,8H,6-7H2,1H3,(H,17,18). The van der Waals surface area contributed by atoms with Gasteiger partial charge in [-0.05, 0) is 0 Å². The molecule has 1 N–H and O–H groups in total. The number of ketones is 1. The number of rotatable bonds is 7. The summed E-state index contributed by atoms with van der Waals surface area (Å²) in [7, 11) is 0. The van der Waals surface area contributed by atoms with Crippen molar-refractivity contribution in [3.63, 3.8) is 0 Å². The van der Waals surface area contributed by atoms with E-state index in [1.54, 1.807) is 18.2 Å². The van der Waals surface area contributed by atoms with Crippen molar-refractivity contribution in [3.8, 4) is 0 Å². The SMILES string of the molecule is CC(=O)C[Se]c1ccccc1C(=O)N(C=O)CC(=O)O. The van der Waals surface area contributed by atoms with Gasteiger partial charge in [0, 0.05) is 0 Å². The second-order valence-electron chi connectivity index (χ2n) is 3.92. The van der Waals surface area contributed by atoms with Gasteiger partial charge in [-0.3, -0.25) is 0 Å². The Morgan fingerprint density at radius 3 is 2.50 bits per heavy atom. The molecule has 1 rings (SSSR count). The van der Waals surface area contributed by atoms with Crippen molar-refractivity contribution in [2.45, 2.75) is 12.2 Å². The molecule has 20 heavy (non-hydrogen) atoms. The number of aliphatic carboxylic acids is 1. The van der Waals surface area contributed by atoms with Gasteiger partial charge in [-0.2, -0.15) is 0 Å². The number of imide groups is 1. The molecule has 0 aliphatic carbocycles. The van der Waals surface area contributed by atoms with Crippen LogP contribution in [0.3, 0.4) is 0 Å². The summed E-state index contributed by atoms with van der Waals surface area (Å²) in [6.07, 6.45) is 0.200. The predicted octanol–water partition coefficient (Wildman–Crippen LogP) is -0.293. The molecule has 0 aliphatic rings. The van der Waals surface area contributed by atoms with E-state index >= 15 is 0 Å². The van der Waals surface area contributed by atoms with Crippen molar-refractivity contribution in [2.24, 2.45) is 0 Å². The summed E-state index contributed by atoms with van der Waals surface area (Å²) in [6.45, 7) is 0.782. The molecule has 0 heterocycles. The Kier molecular flexibility index (Phi) is 6.08. The minimum atomic E-state index is -1.27. The molecule has 0 fully saturated rings. The van der Waals surface area contributed by atoms with E-state index in [2.05, 4.69) is 0 Å². The monoisotopic (exact) mass is 343 g/mol. The number of carbonyl (C=O) groups is 4. The fraction of sp³-hybridized carbons (Fsp3) is 0.231. The maximum atomic E-state index is 12.1. The molecular formula is C13H13NO5Se. The van der Waals surface area contributed by atoms with Gasteiger partial charge in [-0.25, -0.2) is 0 Å².